The van der Waals surface area contributed by atoms with Gasteiger partial charge in [-0.25, -0.2) is 13.6 Å². The fourth-order valence-electron chi connectivity index (χ4n) is 1.59. The first-order valence-corrected chi connectivity index (χ1v) is 7.14. The van der Waals surface area contributed by atoms with E-state index in [4.69, 9.17) is 16.6 Å². The molecule has 0 bridgehead atoms. The van der Waals surface area contributed by atoms with Crippen molar-refractivity contribution in [2.45, 2.75) is 24.3 Å². The van der Waals surface area contributed by atoms with Crippen molar-refractivity contribution in [2.24, 2.45) is 16.6 Å². The Morgan fingerprint density at radius 2 is 1.95 bits per heavy atom. The number of primary sulfonamides is 1. The topological polar surface area (TPSA) is 158 Å². The summed E-state index contributed by atoms with van der Waals surface area (Å²) in [6.45, 7) is 1.50. The van der Waals surface area contributed by atoms with Gasteiger partial charge in [-0.05, 0) is 24.6 Å². The molecule has 7 N–H and O–H groups in total. The molecule has 0 aliphatic carbocycles. The molecule has 1 rings (SSSR count). The predicted octanol–water partition coefficient (Wildman–Crippen LogP) is -1.22. The highest BCUT2D eigenvalue weighted by Crippen LogP contribution is 2.22. The van der Waals surface area contributed by atoms with Gasteiger partial charge in [0, 0.05) is 5.69 Å². The van der Waals surface area contributed by atoms with E-state index in [0.29, 0.717) is 0 Å². The third-order valence-electron chi connectivity index (χ3n) is 2.61. The maximum absolute atomic E-state index is 11.7. The van der Waals surface area contributed by atoms with Gasteiger partial charge in [0.2, 0.25) is 21.8 Å². The summed E-state index contributed by atoms with van der Waals surface area (Å²) in [5.41, 5.74) is 11.0. The second kappa shape index (κ2) is 5.99. The number of primary amides is 1. The van der Waals surface area contributed by atoms with Crippen molar-refractivity contribution in [3.8, 4) is 0 Å². The van der Waals surface area contributed by atoms with E-state index >= 15 is 0 Å². The molecule has 0 aliphatic rings. The Morgan fingerprint density at radius 3 is 2.45 bits per heavy atom. The molecule has 0 aromatic heterocycles. The van der Waals surface area contributed by atoms with Gasteiger partial charge in [-0.1, -0.05) is 6.07 Å². The zero-order valence-corrected chi connectivity index (χ0v) is 11.6. The summed E-state index contributed by atoms with van der Waals surface area (Å²) in [6.07, 6.45) is -0.306. The lowest BCUT2D eigenvalue weighted by Crippen LogP contribution is -2.39. The van der Waals surface area contributed by atoms with Crippen LogP contribution in [-0.2, 0) is 19.6 Å². The molecule has 0 spiro atoms. The Labute approximate surface area is 116 Å². The maximum atomic E-state index is 11.7. The highest BCUT2D eigenvalue weighted by Gasteiger charge is 2.19. The normalized spacial score (nSPS) is 12.8. The van der Waals surface area contributed by atoms with Crippen LogP contribution in [-0.4, -0.2) is 26.3 Å². The monoisotopic (exact) mass is 300 g/mol. The summed E-state index contributed by atoms with van der Waals surface area (Å²) in [4.78, 5) is 22.3. The van der Waals surface area contributed by atoms with Gasteiger partial charge in [-0.15, -0.1) is 0 Å². The number of carbonyl (C=O) groups is 2. The molecule has 1 aromatic rings. The van der Waals surface area contributed by atoms with E-state index in [-0.39, 0.29) is 22.6 Å². The number of nitrogens with one attached hydrogen (secondary N) is 1. The fourth-order valence-corrected chi connectivity index (χ4v) is 2.40. The summed E-state index contributed by atoms with van der Waals surface area (Å²) in [5, 5.41) is 7.49. The molecule has 9 heteroatoms. The highest BCUT2D eigenvalue weighted by atomic mass is 32.2. The number of hydrogen-bond donors (Lipinski definition) is 4. The lowest BCUT2D eigenvalue weighted by molar-refractivity contribution is -0.123. The molecule has 2 amide bonds. The summed E-state index contributed by atoms with van der Waals surface area (Å²) >= 11 is 0. The Morgan fingerprint density at radius 1 is 1.35 bits per heavy atom. The molecule has 110 valence electrons. The molecule has 0 saturated heterocycles. The minimum absolute atomic E-state index is 0.0984. The molecule has 20 heavy (non-hydrogen) atoms. The number of rotatable bonds is 5. The fraction of sp³-hybridized carbons (Fsp3) is 0.273. The van der Waals surface area contributed by atoms with Crippen molar-refractivity contribution in [1.82, 2.24) is 0 Å². The zero-order valence-electron chi connectivity index (χ0n) is 10.8. The van der Waals surface area contributed by atoms with Crippen LogP contribution in [0, 0.1) is 6.92 Å². The SMILES string of the molecule is Cc1c(NC(=O)C(N)CC(N)=O)cccc1S(N)(=O)=O. The molecular weight excluding hydrogens is 284 g/mol. The Bertz CT molecular complexity index is 642. The van der Waals surface area contributed by atoms with Crippen LogP contribution < -0.4 is 21.9 Å². The zero-order chi connectivity index (χ0) is 15.5. The molecule has 0 aliphatic heterocycles. The smallest absolute Gasteiger partial charge is 0.241 e. The van der Waals surface area contributed by atoms with Crippen molar-refractivity contribution in [1.29, 1.82) is 0 Å². The van der Waals surface area contributed by atoms with E-state index in [1.54, 1.807) is 0 Å². The van der Waals surface area contributed by atoms with Gasteiger partial charge in [0.25, 0.3) is 0 Å². The number of hydrogen-bond acceptors (Lipinski definition) is 5. The number of carbonyl (C=O) groups excluding carboxylic acids is 2. The van der Waals surface area contributed by atoms with Gasteiger partial charge in [0.05, 0.1) is 17.4 Å². The van der Waals surface area contributed by atoms with Crippen molar-refractivity contribution >= 4 is 27.5 Å². The lowest BCUT2D eigenvalue weighted by atomic mass is 10.1. The van der Waals surface area contributed by atoms with Crippen LogP contribution in [0.2, 0.25) is 0 Å². The molecule has 0 radical (unpaired) electrons. The molecular formula is C11H16N4O4S. The van der Waals surface area contributed by atoms with Crippen LogP contribution in [0.15, 0.2) is 23.1 Å². The Kier molecular flexibility index (Phi) is 4.82. The average molecular weight is 300 g/mol. The van der Waals surface area contributed by atoms with E-state index < -0.39 is 27.9 Å². The van der Waals surface area contributed by atoms with Crippen LogP contribution in [0.4, 0.5) is 5.69 Å². The second-order valence-corrected chi connectivity index (χ2v) is 5.77. The number of sulfonamides is 1. The van der Waals surface area contributed by atoms with Crippen LogP contribution in [0.3, 0.4) is 0 Å². The Hall–Kier alpha value is -1.97. The maximum Gasteiger partial charge on any atom is 0.241 e. The van der Waals surface area contributed by atoms with Gasteiger partial charge >= 0.3 is 0 Å². The van der Waals surface area contributed by atoms with Gasteiger partial charge in [0.1, 0.15) is 0 Å². The lowest BCUT2D eigenvalue weighted by Gasteiger charge is -2.14. The van der Waals surface area contributed by atoms with Gasteiger partial charge in [0.15, 0.2) is 0 Å². The standard InChI is InChI=1S/C11H16N4O4S/c1-6-8(3-2-4-9(6)20(14,18)19)15-11(17)7(12)5-10(13)16/h2-4,7H,5,12H2,1H3,(H2,13,16)(H,15,17)(H2,14,18,19). The quantitative estimate of drug-likeness (QED) is 0.536. The van der Waals surface area contributed by atoms with Gasteiger partial charge in [-0.2, -0.15) is 0 Å². The minimum atomic E-state index is -3.89. The molecule has 1 atom stereocenters. The minimum Gasteiger partial charge on any atom is -0.370 e. The third-order valence-corrected chi connectivity index (χ3v) is 3.66. The van der Waals surface area contributed by atoms with E-state index in [1.807, 2.05) is 0 Å². The molecule has 0 saturated carbocycles. The van der Waals surface area contributed by atoms with E-state index in [2.05, 4.69) is 5.32 Å². The summed E-state index contributed by atoms with van der Waals surface area (Å²) in [7, 11) is -3.89. The van der Waals surface area contributed by atoms with Crippen molar-refractivity contribution < 1.29 is 18.0 Å². The largest absolute Gasteiger partial charge is 0.370 e. The number of benzene rings is 1. The van der Waals surface area contributed by atoms with E-state index in [9.17, 15) is 18.0 Å². The molecule has 0 fully saturated rings. The van der Waals surface area contributed by atoms with Crippen LogP contribution in [0.1, 0.15) is 12.0 Å². The first-order valence-electron chi connectivity index (χ1n) is 5.60. The first kappa shape index (κ1) is 16.1. The van der Waals surface area contributed by atoms with Crippen molar-refractivity contribution in [3.63, 3.8) is 0 Å². The molecule has 8 nitrogen and oxygen atoms in total. The average Bonchev–Trinajstić information content (AvgIpc) is 2.29. The van der Waals surface area contributed by atoms with Crippen LogP contribution in [0.25, 0.3) is 0 Å². The van der Waals surface area contributed by atoms with Crippen LogP contribution >= 0.6 is 0 Å². The number of anilines is 1. The molecule has 0 heterocycles. The summed E-state index contributed by atoms with van der Waals surface area (Å²) in [5.74, 6) is -1.35. The second-order valence-electron chi connectivity index (χ2n) is 4.24. The first-order chi connectivity index (χ1) is 9.12. The summed E-state index contributed by atoms with van der Waals surface area (Å²) < 4.78 is 22.7. The van der Waals surface area contributed by atoms with Gasteiger partial charge < -0.3 is 16.8 Å². The van der Waals surface area contributed by atoms with Gasteiger partial charge in [-0.3, -0.25) is 9.59 Å². The van der Waals surface area contributed by atoms with Crippen molar-refractivity contribution in [2.75, 3.05) is 5.32 Å². The highest BCUT2D eigenvalue weighted by molar-refractivity contribution is 7.89. The number of amides is 2. The molecule has 1 aromatic carbocycles. The van der Waals surface area contributed by atoms with E-state index in [0.717, 1.165) is 0 Å². The Balaban J connectivity index is 3.00. The molecule has 1 unspecified atom stereocenters. The van der Waals surface area contributed by atoms with E-state index in [1.165, 1.54) is 25.1 Å². The van der Waals surface area contributed by atoms with Crippen LogP contribution in [0.5, 0.6) is 0 Å². The number of nitrogens with two attached hydrogens (primary N) is 3. The third kappa shape index (κ3) is 4.02. The van der Waals surface area contributed by atoms with Crippen molar-refractivity contribution in [3.05, 3.63) is 23.8 Å². The summed E-state index contributed by atoms with van der Waals surface area (Å²) in [6, 6.07) is 3.15. The predicted molar refractivity (Wildman–Crippen MR) is 73.0 cm³/mol.